The maximum Gasteiger partial charge on any atom is 0.277 e. The number of benzene rings is 2. The van der Waals surface area contributed by atoms with Gasteiger partial charge in [0.1, 0.15) is 5.75 Å². The number of carbonyl (C=O) groups is 1. The van der Waals surface area contributed by atoms with Gasteiger partial charge in [-0.1, -0.05) is 17.7 Å². The van der Waals surface area contributed by atoms with Gasteiger partial charge in [-0.3, -0.25) is 4.79 Å². The van der Waals surface area contributed by atoms with E-state index in [4.69, 9.17) is 4.74 Å². The van der Waals surface area contributed by atoms with Crippen LogP contribution in [0.5, 0.6) is 17.2 Å². The van der Waals surface area contributed by atoms with Crippen LogP contribution < -0.4 is 10.2 Å². The quantitative estimate of drug-likeness (QED) is 0.447. The fraction of sp³-hybridized carbons (Fsp3) is 0.125. The standard InChI is InChI=1S/C16H16N2O4/c1-11-2-5-13(6-3-11)22-10-16(21)18-17-9-12-4-7-14(19)15(20)8-12/h2-9,19-20H,10H2,1H3,(H,18,21)/b17-9+. The Kier molecular flexibility index (Phi) is 4.98. The van der Waals surface area contributed by atoms with Crippen LogP contribution in [0.15, 0.2) is 47.6 Å². The van der Waals surface area contributed by atoms with Crippen LogP contribution in [0.2, 0.25) is 0 Å². The number of amides is 1. The molecule has 0 aromatic heterocycles. The van der Waals surface area contributed by atoms with Crippen LogP contribution >= 0.6 is 0 Å². The van der Waals surface area contributed by atoms with Gasteiger partial charge in [0.15, 0.2) is 18.1 Å². The van der Waals surface area contributed by atoms with E-state index in [0.29, 0.717) is 11.3 Å². The summed E-state index contributed by atoms with van der Waals surface area (Å²) in [6.45, 7) is 1.81. The molecule has 0 aliphatic carbocycles. The fourth-order valence-corrected chi connectivity index (χ4v) is 1.62. The number of aromatic hydroxyl groups is 2. The van der Waals surface area contributed by atoms with Crippen LogP contribution in [-0.4, -0.2) is 28.9 Å². The molecule has 1 amide bonds. The Bertz CT molecular complexity index is 681. The summed E-state index contributed by atoms with van der Waals surface area (Å²) in [6, 6.07) is 11.6. The molecule has 0 aliphatic rings. The highest BCUT2D eigenvalue weighted by molar-refractivity contribution is 5.83. The lowest BCUT2D eigenvalue weighted by Crippen LogP contribution is -2.24. The number of ether oxygens (including phenoxy) is 1. The first kappa shape index (κ1) is 15.4. The molecule has 6 nitrogen and oxygen atoms in total. The van der Waals surface area contributed by atoms with Gasteiger partial charge in [0, 0.05) is 0 Å². The van der Waals surface area contributed by atoms with Gasteiger partial charge in [0.2, 0.25) is 0 Å². The van der Waals surface area contributed by atoms with E-state index >= 15 is 0 Å². The minimum Gasteiger partial charge on any atom is -0.504 e. The first-order chi connectivity index (χ1) is 10.5. The molecule has 0 unspecified atom stereocenters. The van der Waals surface area contributed by atoms with Gasteiger partial charge in [0.05, 0.1) is 6.21 Å². The highest BCUT2D eigenvalue weighted by Crippen LogP contribution is 2.23. The van der Waals surface area contributed by atoms with E-state index in [1.807, 2.05) is 19.1 Å². The average Bonchev–Trinajstić information content (AvgIpc) is 2.50. The van der Waals surface area contributed by atoms with Crippen molar-refractivity contribution in [3.8, 4) is 17.2 Å². The second-order valence-electron chi connectivity index (χ2n) is 4.64. The molecule has 2 aromatic carbocycles. The number of nitrogens with one attached hydrogen (secondary N) is 1. The Labute approximate surface area is 127 Å². The fourth-order valence-electron chi connectivity index (χ4n) is 1.62. The van der Waals surface area contributed by atoms with Crippen molar-refractivity contribution in [2.75, 3.05) is 6.61 Å². The van der Waals surface area contributed by atoms with Gasteiger partial charge in [-0.05, 0) is 42.8 Å². The Balaban J connectivity index is 1.80. The van der Waals surface area contributed by atoms with Crippen LogP contribution in [0.4, 0.5) is 0 Å². The zero-order valence-electron chi connectivity index (χ0n) is 12.0. The average molecular weight is 300 g/mol. The third-order valence-corrected chi connectivity index (χ3v) is 2.79. The molecule has 3 N–H and O–H groups in total. The van der Waals surface area contributed by atoms with Crippen LogP contribution in [0.1, 0.15) is 11.1 Å². The molecule has 2 rings (SSSR count). The number of aryl methyl sites for hydroxylation is 1. The Hall–Kier alpha value is -3.02. The third kappa shape index (κ3) is 4.52. The summed E-state index contributed by atoms with van der Waals surface area (Å²) in [5, 5.41) is 22.2. The number of nitrogens with zero attached hydrogens (tertiary/aromatic N) is 1. The minimum atomic E-state index is -0.403. The molecule has 22 heavy (non-hydrogen) atoms. The summed E-state index contributed by atoms with van der Waals surface area (Å²) < 4.78 is 5.30. The monoisotopic (exact) mass is 300 g/mol. The second kappa shape index (κ2) is 7.12. The summed E-state index contributed by atoms with van der Waals surface area (Å²) in [4.78, 5) is 11.6. The van der Waals surface area contributed by atoms with E-state index in [-0.39, 0.29) is 18.1 Å². The van der Waals surface area contributed by atoms with Crippen LogP contribution in [0, 0.1) is 6.92 Å². The van der Waals surface area contributed by atoms with Crippen LogP contribution in [0.25, 0.3) is 0 Å². The van der Waals surface area contributed by atoms with Crippen molar-refractivity contribution in [1.29, 1.82) is 0 Å². The first-order valence-electron chi connectivity index (χ1n) is 6.58. The minimum absolute atomic E-state index is 0.152. The van der Waals surface area contributed by atoms with E-state index < -0.39 is 5.91 Å². The van der Waals surface area contributed by atoms with Crippen molar-refractivity contribution in [2.24, 2.45) is 5.10 Å². The normalized spacial score (nSPS) is 10.6. The summed E-state index contributed by atoms with van der Waals surface area (Å²) in [6.07, 6.45) is 1.35. The Morgan fingerprint density at radius 2 is 1.91 bits per heavy atom. The molecule has 0 bridgehead atoms. The smallest absolute Gasteiger partial charge is 0.277 e. The lowest BCUT2D eigenvalue weighted by molar-refractivity contribution is -0.123. The zero-order chi connectivity index (χ0) is 15.9. The van der Waals surface area contributed by atoms with Crippen LogP contribution in [0.3, 0.4) is 0 Å². The van der Waals surface area contributed by atoms with E-state index in [1.54, 1.807) is 18.2 Å². The van der Waals surface area contributed by atoms with Crippen molar-refractivity contribution >= 4 is 12.1 Å². The topological polar surface area (TPSA) is 91.2 Å². The van der Waals surface area contributed by atoms with E-state index in [0.717, 1.165) is 5.56 Å². The number of carbonyl (C=O) groups excluding carboxylic acids is 1. The van der Waals surface area contributed by atoms with Crippen molar-refractivity contribution in [1.82, 2.24) is 5.43 Å². The molecule has 6 heteroatoms. The first-order valence-corrected chi connectivity index (χ1v) is 6.58. The molecular weight excluding hydrogens is 284 g/mol. The molecular formula is C16H16N2O4. The highest BCUT2D eigenvalue weighted by Gasteiger charge is 2.02. The molecule has 0 saturated heterocycles. The summed E-state index contributed by atoms with van der Waals surface area (Å²) >= 11 is 0. The van der Waals surface area contributed by atoms with E-state index in [1.165, 1.54) is 18.3 Å². The number of hydrazone groups is 1. The number of phenols is 2. The zero-order valence-corrected chi connectivity index (χ0v) is 12.0. The van der Waals surface area contributed by atoms with Crippen LogP contribution in [-0.2, 0) is 4.79 Å². The molecule has 0 heterocycles. The third-order valence-electron chi connectivity index (χ3n) is 2.79. The largest absolute Gasteiger partial charge is 0.504 e. The number of phenolic OH excluding ortho intramolecular Hbond substituents is 2. The maximum atomic E-state index is 11.6. The summed E-state index contributed by atoms with van der Waals surface area (Å²) in [5.74, 6) is -0.265. The predicted octanol–water partition coefficient (Wildman–Crippen LogP) is 1.94. The number of rotatable bonds is 5. The van der Waals surface area contributed by atoms with Gasteiger partial charge in [0.25, 0.3) is 5.91 Å². The van der Waals surface area contributed by atoms with Gasteiger partial charge >= 0.3 is 0 Å². The lowest BCUT2D eigenvalue weighted by atomic mass is 10.2. The highest BCUT2D eigenvalue weighted by atomic mass is 16.5. The lowest BCUT2D eigenvalue weighted by Gasteiger charge is -2.05. The number of hydrogen-bond donors (Lipinski definition) is 3. The molecule has 114 valence electrons. The molecule has 0 aliphatic heterocycles. The van der Waals surface area contributed by atoms with Crippen molar-refractivity contribution in [2.45, 2.75) is 6.92 Å². The summed E-state index contributed by atoms with van der Waals surface area (Å²) in [5.41, 5.74) is 3.96. The molecule has 0 radical (unpaired) electrons. The SMILES string of the molecule is Cc1ccc(OCC(=O)N/N=C/c2ccc(O)c(O)c2)cc1. The van der Waals surface area contributed by atoms with Gasteiger partial charge in [-0.25, -0.2) is 5.43 Å². The van der Waals surface area contributed by atoms with E-state index in [9.17, 15) is 15.0 Å². The van der Waals surface area contributed by atoms with Gasteiger partial charge in [-0.2, -0.15) is 5.10 Å². The maximum absolute atomic E-state index is 11.6. The molecule has 2 aromatic rings. The Morgan fingerprint density at radius 1 is 1.18 bits per heavy atom. The van der Waals surface area contributed by atoms with Gasteiger partial charge < -0.3 is 14.9 Å². The van der Waals surface area contributed by atoms with Crippen molar-refractivity contribution in [3.63, 3.8) is 0 Å². The van der Waals surface area contributed by atoms with Crippen molar-refractivity contribution in [3.05, 3.63) is 53.6 Å². The molecule has 0 saturated carbocycles. The van der Waals surface area contributed by atoms with Gasteiger partial charge in [-0.15, -0.1) is 0 Å². The molecule has 0 atom stereocenters. The second-order valence-corrected chi connectivity index (χ2v) is 4.64. The molecule has 0 fully saturated rings. The summed E-state index contributed by atoms with van der Waals surface area (Å²) in [7, 11) is 0. The van der Waals surface area contributed by atoms with Crippen molar-refractivity contribution < 1.29 is 19.7 Å². The number of hydrogen-bond acceptors (Lipinski definition) is 5. The predicted molar refractivity (Wildman–Crippen MR) is 82.2 cm³/mol. The molecule has 0 spiro atoms. The van der Waals surface area contributed by atoms with E-state index in [2.05, 4.69) is 10.5 Å². The Morgan fingerprint density at radius 3 is 2.59 bits per heavy atom.